The summed E-state index contributed by atoms with van der Waals surface area (Å²) in [6.07, 6.45) is 0.497. The van der Waals surface area contributed by atoms with E-state index in [1.54, 1.807) is 18.2 Å². The number of ether oxygens (including phenoxy) is 1. The van der Waals surface area contributed by atoms with Crippen LogP contribution in [0.4, 0.5) is 11.4 Å². The Hall–Kier alpha value is -1.77. The van der Waals surface area contributed by atoms with Crippen molar-refractivity contribution in [2.75, 3.05) is 43.5 Å². The SMILES string of the molecule is CCC(=O)N1CCN(c2c(Cl)cccc2NC(=O)c2cc(Br)cc(Br)c2OC)CC1. The maximum Gasteiger partial charge on any atom is 0.259 e. The number of methoxy groups -OCH3 is 1. The number of hydrogen-bond acceptors (Lipinski definition) is 4. The second-order valence-electron chi connectivity index (χ2n) is 6.78. The van der Waals surface area contributed by atoms with E-state index in [2.05, 4.69) is 42.1 Å². The zero-order valence-electron chi connectivity index (χ0n) is 16.7. The summed E-state index contributed by atoms with van der Waals surface area (Å²) in [7, 11) is 1.52. The summed E-state index contributed by atoms with van der Waals surface area (Å²) in [6.45, 7) is 4.40. The average molecular weight is 560 g/mol. The Bertz CT molecular complexity index is 963. The molecule has 0 aromatic heterocycles. The normalized spacial score (nSPS) is 13.9. The van der Waals surface area contributed by atoms with E-state index in [0.29, 0.717) is 59.1 Å². The third kappa shape index (κ3) is 4.92. The lowest BCUT2D eigenvalue weighted by Gasteiger charge is -2.37. The van der Waals surface area contributed by atoms with E-state index in [-0.39, 0.29) is 11.8 Å². The van der Waals surface area contributed by atoms with E-state index in [1.807, 2.05) is 24.0 Å². The quantitative estimate of drug-likeness (QED) is 0.548. The lowest BCUT2D eigenvalue weighted by Crippen LogP contribution is -2.48. The Morgan fingerprint density at radius 3 is 2.50 bits per heavy atom. The van der Waals surface area contributed by atoms with Crippen LogP contribution >= 0.6 is 43.5 Å². The van der Waals surface area contributed by atoms with Crippen molar-refractivity contribution in [2.45, 2.75) is 13.3 Å². The Kier molecular flexibility index (Phi) is 7.65. The van der Waals surface area contributed by atoms with Gasteiger partial charge in [-0.1, -0.05) is 40.5 Å². The van der Waals surface area contributed by atoms with Crippen molar-refractivity contribution in [1.82, 2.24) is 4.90 Å². The first kappa shape index (κ1) is 22.9. The summed E-state index contributed by atoms with van der Waals surface area (Å²) >= 11 is 13.4. The number of para-hydroxylation sites is 1. The number of hydrogen-bond donors (Lipinski definition) is 1. The largest absolute Gasteiger partial charge is 0.495 e. The zero-order chi connectivity index (χ0) is 21.8. The van der Waals surface area contributed by atoms with Gasteiger partial charge in [-0.05, 0) is 40.2 Å². The van der Waals surface area contributed by atoms with Crippen molar-refractivity contribution >= 4 is 66.6 Å². The highest BCUT2D eigenvalue weighted by Gasteiger charge is 2.25. The Balaban J connectivity index is 1.86. The summed E-state index contributed by atoms with van der Waals surface area (Å²) in [5.74, 6) is 0.290. The van der Waals surface area contributed by atoms with Crippen LogP contribution in [0.25, 0.3) is 0 Å². The average Bonchev–Trinajstić information content (AvgIpc) is 2.73. The van der Waals surface area contributed by atoms with Crippen molar-refractivity contribution in [2.24, 2.45) is 0 Å². The van der Waals surface area contributed by atoms with Gasteiger partial charge in [0.15, 0.2) is 0 Å². The molecule has 0 saturated carbocycles. The number of anilines is 2. The summed E-state index contributed by atoms with van der Waals surface area (Å²) < 4.78 is 6.83. The van der Waals surface area contributed by atoms with Gasteiger partial charge in [0.2, 0.25) is 5.91 Å². The maximum absolute atomic E-state index is 13.1. The van der Waals surface area contributed by atoms with Crippen LogP contribution in [0, 0.1) is 0 Å². The predicted molar refractivity (Wildman–Crippen MR) is 127 cm³/mol. The molecular weight excluding hydrogens is 538 g/mol. The summed E-state index contributed by atoms with van der Waals surface area (Å²) in [5.41, 5.74) is 1.76. The molecule has 1 heterocycles. The molecule has 0 unspecified atom stereocenters. The molecule has 1 N–H and O–H groups in total. The molecular formula is C21H22Br2ClN3O3. The minimum absolute atomic E-state index is 0.148. The molecule has 1 saturated heterocycles. The van der Waals surface area contributed by atoms with Gasteiger partial charge in [-0.2, -0.15) is 0 Å². The second-order valence-corrected chi connectivity index (χ2v) is 8.96. The molecule has 3 rings (SSSR count). The van der Waals surface area contributed by atoms with Gasteiger partial charge in [-0.15, -0.1) is 0 Å². The number of rotatable bonds is 5. The molecule has 6 nitrogen and oxygen atoms in total. The molecule has 1 aliphatic rings. The summed E-state index contributed by atoms with van der Waals surface area (Å²) in [6, 6.07) is 8.94. The number of benzene rings is 2. The van der Waals surface area contributed by atoms with Crippen molar-refractivity contribution in [3.05, 3.63) is 49.9 Å². The van der Waals surface area contributed by atoms with Crippen LogP contribution in [-0.2, 0) is 4.79 Å². The highest BCUT2D eigenvalue weighted by atomic mass is 79.9. The lowest BCUT2D eigenvalue weighted by atomic mass is 10.1. The number of halogens is 3. The highest BCUT2D eigenvalue weighted by molar-refractivity contribution is 9.11. The number of carbonyl (C=O) groups is 2. The van der Waals surface area contributed by atoms with E-state index < -0.39 is 0 Å². The summed E-state index contributed by atoms with van der Waals surface area (Å²) in [4.78, 5) is 29.0. The second kappa shape index (κ2) is 10.0. The van der Waals surface area contributed by atoms with Crippen LogP contribution in [0.2, 0.25) is 5.02 Å². The first-order valence-corrected chi connectivity index (χ1v) is 11.5. The standard InChI is InChI=1S/C21H22Br2ClN3O3/c1-3-18(28)26-7-9-27(10-8-26)19-16(24)5-4-6-17(19)25-21(29)14-11-13(22)12-15(23)20(14)30-2/h4-6,11-12H,3,7-10H2,1-2H3,(H,25,29). The van der Waals surface area contributed by atoms with Gasteiger partial charge >= 0.3 is 0 Å². The predicted octanol–water partition coefficient (Wildman–Crippen LogP) is 5.18. The van der Waals surface area contributed by atoms with E-state index in [4.69, 9.17) is 16.3 Å². The molecule has 0 bridgehead atoms. The van der Waals surface area contributed by atoms with Crippen LogP contribution < -0.4 is 15.0 Å². The monoisotopic (exact) mass is 557 g/mol. The van der Waals surface area contributed by atoms with Crippen molar-refractivity contribution in [3.8, 4) is 5.75 Å². The lowest BCUT2D eigenvalue weighted by molar-refractivity contribution is -0.131. The Morgan fingerprint density at radius 1 is 1.17 bits per heavy atom. The maximum atomic E-state index is 13.1. The molecule has 2 amide bonds. The highest BCUT2D eigenvalue weighted by Crippen LogP contribution is 2.37. The van der Waals surface area contributed by atoms with E-state index in [9.17, 15) is 9.59 Å². The van der Waals surface area contributed by atoms with Crippen molar-refractivity contribution in [3.63, 3.8) is 0 Å². The van der Waals surface area contributed by atoms with Crippen LogP contribution in [0.5, 0.6) is 5.75 Å². The van der Waals surface area contributed by atoms with Crippen LogP contribution in [0.1, 0.15) is 23.7 Å². The number of piperazine rings is 1. The molecule has 160 valence electrons. The van der Waals surface area contributed by atoms with Gasteiger partial charge in [0.05, 0.1) is 33.5 Å². The third-order valence-electron chi connectivity index (χ3n) is 4.94. The van der Waals surface area contributed by atoms with E-state index in [1.165, 1.54) is 7.11 Å². The fraction of sp³-hybridized carbons (Fsp3) is 0.333. The first-order valence-electron chi connectivity index (χ1n) is 9.51. The molecule has 0 radical (unpaired) electrons. The minimum atomic E-state index is -0.308. The van der Waals surface area contributed by atoms with E-state index >= 15 is 0 Å². The van der Waals surface area contributed by atoms with Crippen molar-refractivity contribution < 1.29 is 14.3 Å². The van der Waals surface area contributed by atoms with Crippen LogP contribution in [0.15, 0.2) is 39.3 Å². The minimum Gasteiger partial charge on any atom is -0.495 e. The zero-order valence-corrected chi connectivity index (χ0v) is 20.6. The van der Waals surface area contributed by atoms with Gasteiger partial charge in [0.25, 0.3) is 5.91 Å². The number of nitrogens with one attached hydrogen (secondary N) is 1. The van der Waals surface area contributed by atoms with Gasteiger partial charge < -0.3 is 19.9 Å². The molecule has 30 heavy (non-hydrogen) atoms. The fourth-order valence-corrected chi connectivity index (χ4v) is 5.15. The van der Waals surface area contributed by atoms with Crippen LogP contribution in [0.3, 0.4) is 0 Å². The number of nitrogens with zero attached hydrogens (tertiary/aromatic N) is 2. The number of carbonyl (C=O) groups excluding carboxylic acids is 2. The molecule has 0 atom stereocenters. The smallest absolute Gasteiger partial charge is 0.259 e. The summed E-state index contributed by atoms with van der Waals surface area (Å²) in [5, 5.41) is 3.52. The molecule has 0 aliphatic carbocycles. The van der Waals surface area contributed by atoms with Crippen LogP contribution in [-0.4, -0.2) is 50.0 Å². The van der Waals surface area contributed by atoms with E-state index in [0.717, 1.165) is 10.2 Å². The molecule has 0 spiro atoms. The topological polar surface area (TPSA) is 61.9 Å². The van der Waals surface area contributed by atoms with Gasteiger partial charge in [-0.25, -0.2) is 0 Å². The Morgan fingerprint density at radius 2 is 1.87 bits per heavy atom. The molecule has 1 fully saturated rings. The molecule has 1 aliphatic heterocycles. The van der Waals surface area contributed by atoms with Gasteiger partial charge in [0, 0.05) is 37.1 Å². The Labute approximate surface area is 197 Å². The fourth-order valence-electron chi connectivity index (χ4n) is 3.47. The number of amides is 2. The molecule has 9 heteroatoms. The van der Waals surface area contributed by atoms with Gasteiger partial charge in [-0.3, -0.25) is 9.59 Å². The van der Waals surface area contributed by atoms with Gasteiger partial charge in [0.1, 0.15) is 5.75 Å². The first-order chi connectivity index (χ1) is 14.3. The molecule has 2 aromatic rings. The van der Waals surface area contributed by atoms with Crippen molar-refractivity contribution in [1.29, 1.82) is 0 Å². The molecule has 2 aromatic carbocycles. The third-order valence-corrected chi connectivity index (χ3v) is 6.30.